The molecule has 1 aliphatic heterocycles. The predicted octanol–water partition coefficient (Wildman–Crippen LogP) is 4.79. The lowest BCUT2D eigenvalue weighted by molar-refractivity contribution is -0.0354. The molecule has 150 valence electrons. The van der Waals surface area contributed by atoms with Crippen molar-refractivity contribution in [2.24, 2.45) is 0 Å². The third kappa shape index (κ3) is 4.27. The third-order valence-electron chi connectivity index (χ3n) is 4.23. The smallest absolute Gasteiger partial charge is 0.242 e. The number of nitrogens with one attached hydrogen (secondary N) is 1. The number of rotatable bonds is 7. The normalized spacial score (nSPS) is 13.2. The van der Waals surface area contributed by atoms with E-state index >= 15 is 0 Å². The Balaban J connectivity index is 1.58. The largest absolute Gasteiger partial charge is 0.493 e. The van der Waals surface area contributed by atoms with Crippen LogP contribution in [0.3, 0.4) is 0 Å². The Hall–Kier alpha value is -3.26. The Morgan fingerprint density at radius 1 is 1.14 bits per heavy atom. The number of hydrogen-bond acceptors (Lipinski definition) is 7. The molecule has 1 aliphatic rings. The van der Waals surface area contributed by atoms with Crippen molar-refractivity contribution in [1.82, 2.24) is 9.97 Å². The number of methoxy groups -OCH3 is 1. The maximum atomic E-state index is 14.2. The molecule has 0 radical (unpaired) electrons. The summed E-state index contributed by atoms with van der Waals surface area (Å²) in [5.74, 6) is 0.966. The molecule has 4 rings (SSSR count). The van der Waals surface area contributed by atoms with E-state index in [1.165, 1.54) is 32.0 Å². The van der Waals surface area contributed by atoms with Crippen molar-refractivity contribution in [2.75, 3.05) is 19.0 Å². The summed E-state index contributed by atoms with van der Waals surface area (Å²) in [6, 6.07) is 7.85. The summed E-state index contributed by atoms with van der Waals surface area (Å²) in [4.78, 5) is 8.51. The van der Waals surface area contributed by atoms with Crippen molar-refractivity contribution < 1.29 is 23.3 Å². The summed E-state index contributed by atoms with van der Waals surface area (Å²) in [5, 5.41) is 3.94. The molecule has 3 aromatic rings. The average Bonchev–Trinajstić information content (AvgIpc) is 3.23. The number of benzene rings is 2. The average molecular weight is 418 g/mol. The van der Waals surface area contributed by atoms with Crippen LogP contribution in [0.5, 0.6) is 11.5 Å². The molecule has 0 atom stereocenters. The zero-order valence-corrected chi connectivity index (χ0v) is 16.1. The van der Waals surface area contributed by atoms with Gasteiger partial charge in [-0.2, -0.15) is 0 Å². The van der Waals surface area contributed by atoms with Gasteiger partial charge in [-0.15, -0.1) is 0 Å². The van der Waals surface area contributed by atoms with E-state index in [4.69, 9.17) is 30.5 Å². The van der Waals surface area contributed by atoms with E-state index in [2.05, 4.69) is 15.3 Å². The minimum atomic E-state index is -0.484. The summed E-state index contributed by atoms with van der Waals surface area (Å²) in [5.41, 5.74) is 0.863. The standard InChI is InChI=1S/C20H17ClFN3O4/c1-26-17-9-13-16(10-18(17)27-5-4-19-28-6-7-29-19)23-11-24-20(13)25-15-3-2-12(21)8-14(15)22/h2-3,6-11,19H,4-5H2,1H3,(H,23,24,25). The molecule has 2 heterocycles. The highest BCUT2D eigenvalue weighted by Gasteiger charge is 2.16. The highest BCUT2D eigenvalue weighted by molar-refractivity contribution is 6.30. The van der Waals surface area contributed by atoms with Gasteiger partial charge < -0.3 is 24.3 Å². The summed E-state index contributed by atoms with van der Waals surface area (Å²) in [6.45, 7) is 0.361. The fourth-order valence-corrected chi connectivity index (χ4v) is 2.99. The molecule has 0 aliphatic carbocycles. The molecule has 7 nitrogen and oxygen atoms in total. The number of anilines is 2. The van der Waals surface area contributed by atoms with E-state index in [0.717, 1.165) is 0 Å². The minimum absolute atomic E-state index is 0.249. The molecular formula is C20H17ClFN3O4. The number of aromatic nitrogens is 2. The van der Waals surface area contributed by atoms with Crippen LogP contribution in [-0.4, -0.2) is 30.0 Å². The van der Waals surface area contributed by atoms with E-state index < -0.39 is 5.82 Å². The molecule has 9 heteroatoms. The summed E-state index contributed by atoms with van der Waals surface area (Å²) in [7, 11) is 1.54. The first kappa shape index (κ1) is 19.1. The molecule has 1 N–H and O–H groups in total. The van der Waals surface area contributed by atoms with Gasteiger partial charge >= 0.3 is 0 Å². The number of hydrogen-bond donors (Lipinski definition) is 1. The van der Waals surface area contributed by atoms with Gasteiger partial charge in [0.05, 0.1) is 31.3 Å². The van der Waals surface area contributed by atoms with Crippen molar-refractivity contribution >= 4 is 34.0 Å². The van der Waals surface area contributed by atoms with E-state index in [1.54, 1.807) is 24.3 Å². The van der Waals surface area contributed by atoms with Gasteiger partial charge in [0.25, 0.3) is 0 Å². The Morgan fingerprint density at radius 3 is 2.72 bits per heavy atom. The van der Waals surface area contributed by atoms with E-state index in [9.17, 15) is 4.39 Å². The van der Waals surface area contributed by atoms with Gasteiger partial charge in [0.2, 0.25) is 6.29 Å². The molecule has 29 heavy (non-hydrogen) atoms. The van der Waals surface area contributed by atoms with Crippen LogP contribution in [0, 0.1) is 5.82 Å². The Morgan fingerprint density at radius 2 is 1.97 bits per heavy atom. The second-order valence-corrected chi connectivity index (χ2v) is 6.54. The first-order chi connectivity index (χ1) is 14.1. The van der Waals surface area contributed by atoms with E-state index in [-0.39, 0.29) is 12.0 Å². The topological polar surface area (TPSA) is 74.7 Å². The van der Waals surface area contributed by atoms with Crippen molar-refractivity contribution in [3.05, 3.63) is 60.0 Å². The summed E-state index contributed by atoms with van der Waals surface area (Å²) in [6.07, 6.45) is 4.57. The lowest BCUT2D eigenvalue weighted by atomic mass is 10.2. The second kappa shape index (κ2) is 8.40. The molecule has 0 saturated heterocycles. The molecule has 2 aromatic carbocycles. The quantitative estimate of drug-likeness (QED) is 0.592. The Bertz CT molecular complexity index is 1060. The van der Waals surface area contributed by atoms with Crippen LogP contribution in [0.15, 0.2) is 49.2 Å². The predicted molar refractivity (Wildman–Crippen MR) is 106 cm³/mol. The molecule has 0 bridgehead atoms. The number of halogens is 2. The van der Waals surface area contributed by atoms with E-state index in [1.807, 2.05) is 0 Å². The second-order valence-electron chi connectivity index (χ2n) is 6.10. The molecule has 0 saturated carbocycles. The monoisotopic (exact) mass is 417 g/mol. The van der Waals surface area contributed by atoms with E-state index in [0.29, 0.717) is 46.3 Å². The molecule has 0 unspecified atom stereocenters. The van der Waals surface area contributed by atoms with Gasteiger partial charge in [0.1, 0.15) is 30.5 Å². The minimum Gasteiger partial charge on any atom is -0.493 e. The van der Waals surface area contributed by atoms with Gasteiger partial charge in [-0.3, -0.25) is 0 Å². The van der Waals surface area contributed by atoms with Crippen LogP contribution in [0.2, 0.25) is 5.02 Å². The molecule has 0 amide bonds. The number of ether oxygens (including phenoxy) is 4. The zero-order valence-electron chi connectivity index (χ0n) is 15.4. The van der Waals surface area contributed by atoms with Crippen LogP contribution in [0.25, 0.3) is 10.9 Å². The number of fused-ring (bicyclic) bond motifs is 1. The van der Waals surface area contributed by atoms with Crippen LogP contribution >= 0.6 is 11.6 Å². The van der Waals surface area contributed by atoms with Crippen LogP contribution in [0.1, 0.15) is 6.42 Å². The van der Waals surface area contributed by atoms with Gasteiger partial charge in [-0.1, -0.05) is 11.6 Å². The first-order valence-electron chi connectivity index (χ1n) is 8.77. The number of nitrogens with zero attached hydrogens (tertiary/aromatic N) is 2. The van der Waals surface area contributed by atoms with Crippen LogP contribution < -0.4 is 14.8 Å². The molecule has 1 aromatic heterocycles. The lowest BCUT2D eigenvalue weighted by Gasteiger charge is -2.15. The van der Waals surface area contributed by atoms with Crippen molar-refractivity contribution in [1.29, 1.82) is 0 Å². The molecular weight excluding hydrogens is 401 g/mol. The molecule has 0 spiro atoms. The van der Waals surface area contributed by atoms with Crippen molar-refractivity contribution in [3.8, 4) is 11.5 Å². The van der Waals surface area contributed by atoms with Crippen molar-refractivity contribution in [2.45, 2.75) is 12.7 Å². The van der Waals surface area contributed by atoms with Gasteiger partial charge in [0.15, 0.2) is 11.5 Å². The van der Waals surface area contributed by atoms with Gasteiger partial charge in [-0.25, -0.2) is 14.4 Å². The first-order valence-corrected chi connectivity index (χ1v) is 9.15. The fourth-order valence-electron chi connectivity index (χ4n) is 2.83. The molecule has 0 fully saturated rings. The SMILES string of the molecule is COc1cc2c(Nc3ccc(Cl)cc3F)ncnc2cc1OCCC1OC=CO1. The Labute approximate surface area is 171 Å². The highest BCUT2D eigenvalue weighted by Crippen LogP contribution is 2.35. The maximum absolute atomic E-state index is 14.2. The third-order valence-corrected chi connectivity index (χ3v) is 4.47. The summed E-state index contributed by atoms with van der Waals surface area (Å²) >= 11 is 5.81. The lowest BCUT2D eigenvalue weighted by Crippen LogP contribution is -2.12. The van der Waals surface area contributed by atoms with Crippen molar-refractivity contribution in [3.63, 3.8) is 0 Å². The highest BCUT2D eigenvalue weighted by atomic mass is 35.5. The Kier molecular flexibility index (Phi) is 5.53. The van der Waals surface area contributed by atoms with Gasteiger partial charge in [-0.05, 0) is 24.3 Å². The van der Waals surface area contributed by atoms with Crippen LogP contribution in [-0.2, 0) is 9.47 Å². The zero-order chi connectivity index (χ0) is 20.2. The fraction of sp³-hybridized carbons (Fsp3) is 0.200. The van der Waals surface area contributed by atoms with Crippen LogP contribution in [0.4, 0.5) is 15.9 Å². The maximum Gasteiger partial charge on any atom is 0.242 e. The summed E-state index contributed by atoms with van der Waals surface area (Å²) < 4.78 is 35.9. The van der Waals surface area contributed by atoms with Gasteiger partial charge in [0, 0.05) is 16.5 Å².